The van der Waals surface area contributed by atoms with Crippen LogP contribution in [0.1, 0.15) is 36.9 Å². The number of carbonyl (C=O) groups excluding carboxylic acids is 1. The van der Waals surface area contributed by atoms with Crippen LogP contribution < -0.4 is 11.1 Å². The molecular formula is C13H22N4OS. The highest BCUT2D eigenvalue weighted by Crippen LogP contribution is 2.38. The van der Waals surface area contributed by atoms with Crippen molar-refractivity contribution in [3.63, 3.8) is 0 Å². The third kappa shape index (κ3) is 3.37. The number of nitrogens with zero attached hydrogens (tertiary/aromatic N) is 2. The van der Waals surface area contributed by atoms with Gasteiger partial charge in [0.05, 0.1) is 0 Å². The molecule has 2 rings (SSSR count). The zero-order valence-electron chi connectivity index (χ0n) is 11.9. The van der Waals surface area contributed by atoms with Crippen LogP contribution in [0.25, 0.3) is 0 Å². The van der Waals surface area contributed by atoms with Crippen LogP contribution in [0.3, 0.4) is 0 Å². The highest BCUT2D eigenvalue weighted by atomic mass is 32.1. The summed E-state index contributed by atoms with van der Waals surface area (Å²) in [5.41, 5.74) is 5.84. The summed E-state index contributed by atoms with van der Waals surface area (Å²) in [7, 11) is 1.84. The fraction of sp³-hybridized carbons (Fsp3) is 0.692. The van der Waals surface area contributed by atoms with Crippen LogP contribution in [0.15, 0.2) is 0 Å². The molecule has 2 atom stereocenters. The first-order valence-electron chi connectivity index (χ1n) is 6.66. The molecule has 1 amide bonds. The van der Waals surface area contributed by atoms with Crippen LogP contribution in [0.5, 0.6) is 0 Å². The number of rotatable bonds is 5. The summed E-state index contributed by atoms with van der Waals surface area (Å²) < 4.78 is 0. The van der Waals surface area contributed by atoms with Gasteiger partial charge in [-0.05, 0) is 32.1 Å². The predicted octanol–water partition coefficient (Wildman–Crippen LogP) is 2.27. The molecule has 1 aromatic rings. The molecule has 1 aromatic heterocycles. The number of hydrogen-bond acceptors (Lipinski definition) is 5. The molecule has 0 bridgehead atoms. The Kier molecular flexibility index (Phi) is 3.99. The molecule has 1 fully saturated rings. The average molecular weight is 282 g/mol. The molecule has 0 saturated heterocycles. The zero-order valence-corrected chi connectivity index (χ0v) is 12.8. The van der Waals surface area contributed by atoms with E-state index in [1.807, 2.05) is 20.9 Å². The smallest absolute Gasteiger partial charge is 0.267 e. The molecule has 5 nitrogen and oxygen atoms in total. The maximum absolute atomic E-state index is 12.3. The van der Waals surface area contributed by atoms with E-state index in [0.717, 1.165) is 12.5 Å². The monoisotopic (exact) mass is 282 g/mol. The van der Waals surface area contributed by atoms with E-state index in [2.05, 4.69) is 17.2 Å². The van der Waals surface area contributed by atoms with Crippen molar-refractivity contribution in [1.82, 2.24) is 9.88 Å². The molecule has 106 valence electrons. The molecule has 1 aliphatic carbocycles. The van der Waals surface area contributed by atoms with E-state index in [1.54, 1.807) is 4.90 Å². The van der Waals surface area contributed by atoms with Crippen molar-refractivity contribution < 1.29 is 4.79 Å². The summed E-state index contributed by atoms with van der Waals surface area (Å²) >= 11 is 1.33. The van der Waals surface area contributed by atoms with E-state index in [9.17, 15) is 4.79 Å². The summed E-state index contributed by atoms with van der Waals surface area (Å²) in [6.07, 6.45) is 1.22. The number of aromatic nitrogens is 1. The summed E-state index contributed by atoms with van der Waals surface area (Å²) in [6, 6.07) is 0.276. The maximum atomic E-state index is 12.3. The van der Waals surface area contributed by atoms with Crippen molar-refractivity contribution in [2.45, 2.75) is 33.2 Å². The Morgan fingerprint density at radius 2 is 2.26 bits per heavy atom. The third-order valence-corrected chi connectivity index (χ3v) is 4.38. The number of amides is 1. The Balaban J connectivity index is 2.03. The van der Waals surface area contributed by atoms with Gasteiger partial charge < -0.3 is 16.0 Å². The number of anilines is 2. The van der Waals surface area contributed by atoms with Crippen LogP contribution in [0, 0.1) is 11.8 Å². The standard InChI is InChI=1S/C13H22N4OS/c1-7(2)15-13-16-11(14)10(19-13)12(18)17(4)6-9-5-8(9)3/h7-9H,5-6,14H2,1-4H3,(H,15,16). The lowest BCUT2D eigenvalue weighted by Crippen LogP contribution is -2.29. The lowest BCUT2D eigenvalue weighted by Gasteiger charge is -2.15. The number of nitrogens with two attached hydrogens (primary N) is 1. The Labute approximate surface area is 118 Å². The van der Waals surface area contributed by atoms with Crippen LogP contribution in [-0.2, 0) is 0 Å². The largest absolute Gasteiger partial charge is 0.382 e. The van der Waals surface area contributed by atoms with Gasteiger partial charge in [0.1, 0.15) is 10.7 Å². The van der Waals surface area contributed by atoms with Gasteiger partial charge in [0.25, 0.3) is 5.91 Å². The van der Waals surface area contributed by atoms with Gasteiger partial charge in [0.2, 0.25) is 0 Å². The molecular weight excluding hydrogens is 260 g/mol. The second kappa shape index (κ2) is 5.36. The molecule has 2 unspecified atom stereocenters. The zero-order chi connectivity index (χ0) is 14.2. The lowest BCUT2D eigenvalue weighted by molar-refractivity contribution is 0.0792. The summed E-state index contributed by atoms with van der Waals surface area (Å²) in [6.45, 7) is 7.08. The summed E-state index contributed by atoms with van der Waals surface area (Å²) in [5.74, 6) is 1.70. The minimum atomic E-state index is -0.0223. The molecule has 0 aromatic carbocycles. The predicted molar refractivity (Wildman–Crippen MR) is 79.5 cm³/mol. The minimum absolute atomic E-state index is 0.0223. The molecule has 3 N–H and O–H groups in total. The first-order chi connectivity index (χ1) is 8.88. The Morgan fingerprint density at radius 3 is 2.79 bits per heavy atom. The molecule has 0 spiro atoms. The molecule has 1 saturated carbocycles. The average Bonchev–Trinajstić information content (AvgIpc) is 2.86. The van der Waals surface area contributed by atoms with Gasteiger partial charge in [0.15, 0.2) is 5.13 Å². The molecule has 19 heavy (non-hydrogen) atoms. The highest BCUT2D eigenvalue weighted by molar-refractivity contribution is 7.18. The fourth-order valence-electron chi connectivity index (χ4n) is 2.06. The summed E-state index contributed by atoms with van der Waals surface area (Å²) in [5, 5.41) is 3.89. The van der Waals surface area contributed by atoms with Gasteiger partial charge in [-0.25, -0.2) is 4.98 Å². The van der Waals surface area contributed by atoms with Gasteiger partial charge >= 0.3 is 0 Å². The molecule has 6 heteroatoms. The summed E-state index contributed by atoms with van der Waals surface area (Å²) in [4.78, 5) is 18.8. The van der Waals surface area contributed by atoms with Crippen molar-refractivity contribution in [3.8, 4) is 0 Å². The van der Waals surface area contributed by atoms with Gasteiger partial charge in [-0.1, -0.05) is 18.3 Å². The molecule has 0 radical (unpaired) electrons. The second-order valence-electron chi connectivity index (χ2n) is 5.69. The number of nitrogen functional groups attached to an aromatic ring is 1. The SMILES string of the molecule is CC(C)Nc1nc(N)c(C(=O)N(C)CC2CC2C)s1. The van der Waals surface area contributed by atoms with Crippen molar-refractivity contribution >= 4 is 28.2 Å². The maximum Gasteiger partial charge on any atom is 0.267 e. The first kappa shape index (κ1) is 14.1. The fourth-order valence-corrected chi connectivity index (χ4v) is 3.08. The van der Waals surface area contributed by atoms with Crippen LogP contribution in [-0.4, -0.2) is 35.4 Å². The normalized spacial score (nSPS) is 21.5. The van der Waals surface area contributed by atoms with Gasteiger partial charge in [-0.3, -0.25) is 4.79 Å². The van der Waals surface area contributed by atoms with E-state index < -0.39 is 0 Å². The Morgan fingerprint density at radius 1 is 1.63 bits per heavy atom. The van der Waals surface area contributed by atoms with Crippen molar-refractivity contribution in [2.75, 3.05) is 24.6 Å². The van der Waals surface area contributed by atoms with Crippen molar-refractivity contribution in [1.29, 1.82) is 0 Å². The van der Waals surface area contributed by atoms with E-state index in [0.29, 0.717) is 21.7 Å². The number of thiazole rings is 1. The van der Waals surface area contributed by atoms with E-state index >= 15 is 0 Å². The number of carbonyl (C=O) groups is 1. The van der Waals surface area contributed by atoms with E-state index in [-0.39, 0.29) is 11.9 Å². The second-order valence-corrected chi connectivity index (χ2v) is 6.69. The topological polar surface area (TPSA) is 71.2 Å². The first-order valence-corrected chi connectivity index (χ1v) is 7.48. The molecule has 1 aliphatic rings. The van der Waals surface area contributed by atoms with Gasteiger partial charge in [-0.15, -0.1) is 0 Å². The van der Waals surface area contributed by atoms with Crippen molar-refractivity contribution in [3.05, 3.63) is 4.88 Å². The van der Waals surface area contributed by atoms with Crippen molar-refractivity contribution in [2.24, 2.45) is 11.8 Å². The third-order valence-electron chi connectivity index (χ3n) is 3.39. The van der Waals surface area contributed by atoms with Crippen LogP contribution >= 0.6 is 11.3 Å². The van der Waals surface area contributed by atoms with E-state index in [4.69, 9.17) is 5.73 Å². The number of hydrogen-bond donors (Lipinski definition) is 2. The van der Waals surface area contributed by atoms with Crippen LogP contribution in [0.2, 0.25) is 0 Å². The van der Waals surface area contributed by atoms with E-state index in [1.165, 1.54) is 17.8 Å². The molecule has 0 aliphatic heterocycles. The quantitative estimate of drug-likeness (QED) is 0.869. The Hall–Kier alpha value is -1.30. The van der Waals surface area contributed by atoms with Gasteiger partial charge in [0, 0.05) is 19.6 Å². The molecule has 1 heterocycles. The van der Waals surface area contributed by atoms with Gasteiger partial charge in [-0.2, -0.15) is 0 Å². The number of nitrogens with one attached hydrogen (secondary N) is 1. The Bertz CT molecular complexity index is 471. The van der Waals surface area contributed by atoms with Crippen LogP contribution in [0.4, 0.5) is 10.9 Å². The highest BCUT2D eigenvalue weighted by Gasteiger charge is 2.34. The lowest BCUT2D eigenvalue weighted by atomic mass is 10.3. The minimum Gasteiger partial charge on any atom is -0.382 e.